The minimum atomic E-state index is -0.679. The second kappa shape index (κ2) is 8.32. The molecule has 148 valence electrons. The highest BCUT2D eigenvalue weighted by atomic mass is 32.1. The molecule has 0 aliphatic rings. The maximum Gasteiger partial charge on any atom is 0.252 e. The number of carbonyl (C=O) groups excluding carboxylic acids is 1. The summed E-state index contributed by atoms with van der Waals surface area (Å²) < 4.78 is 35.0. The van der Waals surface area contributed by atoms with Crippen LogP contribution in [0.5, 0.6) is 0 Å². The first-order valence-electron chi connectivity index (χ1n) is 8.91. The zero-order chi connectivity index (χ0) is 20.4. The molecule has 0 saturated carbocycles. The van der Waals surface area contributed by atoms with E-state index in [2.05, 4.69) is 4.99 Å². The molecule has 3 rings (SSSR count). The summed E-state index contributed by atoms with van der Waals surface area (Å²) in [6.07, 6.45) is 0.160. The van der Waals surface area contributed by atoms with Gasteiger partial charge >= 0.3 is 0 Å². The van der Waals surface area contributed by atoms with Gasteiger partial charge in [-0.3, -0.25) is 4.79 Å². The molecule has 0 saturated heterocycles. The lowest BCUT2D eigenvalue weighted by molar-refractivity contribution is -0.117. The summed E-state index contributed by atoms with van der Waals surface area (Å²) in [6, 6.07) is 6.16. The van der Waals surface area contributed by atoms with Gasteiger partial charge in [-0.05, 0) is 43.5 Å². The highest BCUT2D eigenvalue weighted by molar-refractivity contribution is 7.16. The molecule has 4 nitrogen and oxygen atoms in total. The van der Waals surface area contributed by atoms with E-state index in [0.717, 1.165) is 39.7 Å². The molecule has 0 spiro atoms. The van der Waals surface area contributed by atoms with Crippen molar-refractivity contribution in [3.05, 3.63) is 63.0 Å². The van der Waals surface area contributed by atoms with Crippen LogP contribution in [-0.4, -0.2) is 24.2 Å². The summed E-state index contributed by atoms with van der Waals surface area (Å²) in [7, 11) is 1.54. The zero-order valence-corrected chi connectivity index (χ0v) is 17.1. The topological polar surface area (TPSA) is 43.6 Å². The fourth-order valence-electron chi connectivity index (χ4n) is 3.39. The normalized spacial score (nSPS) is 12.1. The van der Waals surface area contributed by atoms with Crippen molar-refractivity contribution >= 4 is 27.5 Å². The van der Waals surface area contributed by atoms with Gasteiger partial charge in [0.2, 0.25) is 0 Å². The highest BCUT2D eigenvalue weighted by Crippen LogP contribution is 2.22. The van der Waals surface area contributed by atoms with E-state index in [-0.39, 0.29) is 17.8 Å². The Labute approximate surface area is 166 Å². The molecule has 0 aliphatic carbocycles. The summed E-state index contributed by atoms with van der Waals surface area (Å²) in [4.78, 5) is 17.2. The highest BCUT2D eigenvalue weighted by Gasteiger charge is 2.15. The first-order valence-corrected chi connectivity index (χ1v) is 9.73. The summed E-state index contributed by atoms with van der Waals surface area (Å²) in [6.45, 7) is 6.59. The van der Waals surface area contributed by atoms with Crippen LogP contribution in [0.25, 0.3) is 10.2 Å². The lowest BCUT2D eigenvalue weighted by Gasteiger charge is -2.09. The number of rotatable bonds is 5. The molecule has 28 heavy (non-hydrogen) atoms. The third-order valence-electron chi connectivity index (χ3n) is 4.60. The molecular weight excluding hydrogens is 382 g/mol. The van der Waals surface area contributed by atoms with Gasteiger partial charge < -0.3 is 9.30 Å². The Balaban J connectivity index is 2.05. The van der Waals surface area contributed by atoms with Crippen molar-refractivity contribution < 1.29 is 18.3 Å². The molecule has 7 heteroatoms. The van der Waals surface area contributed by atoms with Crippen LogP contribution < -0.4 is 4.80 Å². The van der Waals surface area contributed by atoms with Gasteiger partial charge in [0.1, 0.15) is 5.82 Å². The van der Waals surface area contributed by atoms with Gasteiger partial charge in [0.25, 0.3) is 5.91 Å². The molecule has 0 atom stereocenters. The lowest BCUT2D eigenvalue weighted by Crippen LogP contribution is -2.20. The minimum Gasteiger partial charge on any atom is -0.383 e. The van der Waals surface area contributed by atoms with Crippen molar-refractivity contribution in [1.82, 2.24) is 4.57 Å². The van der Waals surface area contributed by atoms with Crippen LogP contribution in [0.3, 0.4) is 0 Å². The van der Waals surface area contributed by atoms with Crippen LogP contribution in [0.15, 0.2) is 29.3 Å². The van der Waals surface area contributed by atoms with Crippen LogP contribution in [0.4, 0.5) is 8.78 Å². The minimum absolute atomic E-state index is 0.160. The van der Waals surface area contributed by atoms with Crippen LogP contribution in [-0.2, 0) is 22.5 Å². The number of carbonyl (C=O) groups is 1. The van der Waals surface area contributed by atoms with E-state index < -0.39 is 11.6 Å². The van der Waals surface area contributed by atoms with Crippen LogP contribution in [0.2, 0.25) is 0 Å². The number of ether oxygens (including phenoxy) is 1. The van der Waals surface area contributed by atoms with Gasteiger partial charge in [-0.1, -0.05) is 29.0 Å². The fraction of sp³-hybridized carbons (Fsp3) is 0.333. The SMILES string of the molecule is COCCn1c(=NC(=O)Cc2c(C)cc(C)cc2C)sc2cc(F)cc(F)c21. The number of thiazole rings is 1. The van der Waals surface area contributed by atoms with E-state index in [1.165, 1.54) is 13.2 Å². The molecule has 1 heterocycles. The van der Waals surface area contributed by atoms with Gasteiger partial charge in [-0.2, -0.15) is 4.99 Å². The summed E-state index contributed by atoms with van der Waals surface area (Å²) in [5.74, 6) is -1.66. The average molecular weight is 404 g/mol. The molecule has 0 radical (unpaired) electrons. The smallest absolute Gasteiger partial charge is 0.252 e. The number of nitrogens with zero attached hydrogens (tertiary/aromatic N) is 2. The zero-order valence-electron chi connectivity index (χ0n) is 16.3. The van der Waals surface area contributed by atoms with Gasteiger partial charge in [-0.15, -0.1) is 0 Å². The molecule has 1 aromatic heterocycles. The third-order valence-corrected chi connectivity index (χ3v) is 5.63. The first-order chi connectivity index (χ1) is 13.3. The number of halogens is 2. The van der Waals surface area contributed by atoms with Crippen molar-refractivity contribution in [3.63, 3.8) is 0 Å². The maximum atomic E-state index is 14.4. The van der Waals surface area contributed by atoms with Crippen molar-refractivity contribution in [2.45, 2.75) is 33.7 Å². The predicted molar refractivity (Wildman–Crippen MR) is 107 cm³/mol. The summed E-state index contributed by atoms with van der Waals surface area (Å²) in [5, 5.41) is 0. The number of benzene rings is 2. The summed E-state index contributed by atoms with van der Waals surface area (Å²) in [5.41, 5.74) is 4.40. The molecule has 0 bridgehead atoms. The number of methoxy groups -OCH3 is 1. The Morgan fingerprint density at radius 1 is 1.14 bits per heavy atom. The van der Waals surface area contributed by atoms with Crippen LogP contribution in [0.1, 0.15) is 22.3 Å². The Bertz CT molecular complexity index is 1090. The molecule has 0 N–H and O–H groups in total. The number of amides is 1. The van der Waals surface area contributed by atoms with E-state index in [9.17, 15) is 13.6 Å². The second-order valence-corrected chi connectivity index (χ2v) is 7.83. The number of fused-ring (bicyclic) bond motifs is 1. The van der Waals surface area contributed by atoms with E-state index >= 15 is 0 Å². The second-order valence-electron chi connectivity index (χ2n) is 6.82. The predicted octanol–water partition coefficient (Wildman–Crippen LogP) is 4.22. The molecular formula is C21H22F2N2O2S. The van der Waals surface area contributed by atoms with Crippen LogP contribution >= 0.6 is 11.3 Å². The maximum absolute atomic E-state index is 14.4. The van der Waals surface area contributed by atoms with E-state index in [0.29, 0.717) is 22.7 Å². The van der Waals surface area contributed by atoms with E-state index in [1.807, 2.05) is 32.9 Å². The number of hydrogen-bond donors (Lipinski definition) is 0. The fourth-order valence-corrected chi connectivity index (χ4v) is 4.50. The van der Waals surface area contributed by atoms with Gasteiger partial charge in [0.15, 0.2) is 10.6 Å². The molecule has 0 aliphatic heterocycles. The Kier molecular flexibility index (Phi) is 6.05. The number of aryl methyl sites for hydroxylation is 3. The molecule has 0 unspecified atom stereocenters. The van der Waals surface area contributed by atoms with E-state index in [1.54, 1.807) is 4.57 Å². The Hall–Kier alpha value is -2.38. The number of aromatic nitrogens is 1. The van der Waals surface area contributed by atoms with Gasteiger partial charge in [0, 0.05) is 19.7 Å². The van der Waals surface area contributed by atoms with Crippen molar-refractivity contribution in [2.75, 3.05) is 13.7 Å². The monoisotopic (exact) mass is 404 g/mol. The summed E-state index contributed by atoms with van der Waals surface area (Å²) >= 11 is 1.09. The number of hydrogen-bond acceptors (Lipinski definition) is 3. The lowest BCUT2D eigenvalue weighted by atomic mass is 9.97. The Morgan fingerprint density at radius 3 is 2.46 bits per heavy atom. The third kappa shape index (κ3) is 4.20. The quantitative estimate of drug-likeness (QED) is 0.639. The van der Waals surface area contributed by atoms with E-state index in [4.69, 9.17) is 4.74 Å². The van der Waals surface area contributed by atoms with Crippen molar-refractivity contribution in [2.24, 2.45) is 4.99 Å². The van der Waals surface area contributed by atoms with Crippen molar-refractivity contribution in [3.8, 4) is 0 Å². The molecule has 3 aromatic rings. The van der Waals surface area contributed by atoms with Crippen molar-refractivity contribution in [1.29, 1.82) is 0 Å². The van der Waals surface area contributed by atoms with Gasteiger partial charge in [0.05, 0.1) is 23.2 Å². The standard InChI is InChI=1S/C21H22F2N2O2S/c1-12-7-13(2)16(14(3)8-12)11-19(26)24-21-25(5-6-27-4)20-17(23)9-15(22)10-18(20)28-21/h7-10H,5-6,11H2,1-4H3. The molecule has 1 amide bonds. The average Bonchev–Trinajstić information content (AvgIpc) is 2.93. The largest absolute Gasteiger partial charge is 0.383 e. The molecule has 2 aromatic carbocycles. The molecule has 0 fully saturated rings. The van der Waals surface area contributed by atoms with Crippen LogP contribution in [0, 0.1) is 32.4 Å². The van der Waals surface area contributed by atoms with Gasteiger partial charge in [-0.25, -0.2) is 8.78 Å². The Morgan fingerprint density at radius 2 is 1.82 bits per heavy atom. The first kappa shape index (κ1) is 20.4.